The lowest BCUT2D eigenvalue weighted by atomic mass is 9.85. The number of rotatable bonds is 15. The maximum atomic E-state index is 10.8. The molecule has 0 aliphatic carbocycles. The number of carboxylic acid groups (broad SMARTS) is 2. The Labute approximate surface area is 208 Å². The van der Waals surface area contributed by atoms with E-state index < -0.39 is 85.8 Å². The average molecular weight is 527 g/mol. The average Bonchev–Trinajstić information content (AvgIpc) is 2.81. The van der Waals surface area contributed by atoms with Gasteiger partial charge in [0.2, 0.25) is 0 Å². The van der Waals surface area contributed by atoms with Gasteiger partial charge in [-0.05, 0) is 6.42 Å². The second kappa shape index (κ2) is 15.1. The molecule has 5 unspecified atom stereocenters. The number of hydrogen-bond acceptors (Lipinski definition) is 12. The van der Waals surface area contributed by atoms with E-state index >= 15 is 0 Å². The molecule has 0 spiro atoms. The van der Waals surface area contributed by atoms with Crippen LogP contribution in [-0.2, 0) is 38.0 Å². The van der Waals surface area contributed by atoms with Gasteiger partial charge in [-0.3, -0.25) is 0 Å². The van der Waals surface area contributed by atoms with Gasteiger partial charge in [0.05, 0.1) is 57.5 Å². The maximum Gasteiger partial charge on any atom is 0.329 e. The van der Waals surface area contributed by atoms with Crippen molar-refractivity contribution in [1.82, 2.24) is 0 Å². The SMILES string of the molecule is CC[C@@H]1C(COCC(=O)O)O[C@@H](COC[C@@H]2C(COCC(=O)O)O[C@@H](COC)C(O)C2O)C(O)[C@@H]1O. The zero-order valence-electron chi connectivity index (χ0n) is 20.4. The summed E-state index contributed by atoms with van der Waals surface area (Å²) in [6.45, 7) is 0.0174. The third-order valence-corrected chi connectivity index (χ3v) is 6.40. The molecule has 0 aromatic heterocycles. The van der Waals surface area contributed by atoms with E-state index in [1.807, 2.05) is 0 Å². The Balaban J connectivity index is 2.00. The Hall–Kier alpha value is -1.46. The minimum atomic E-state index is -1.30. The molecule has 2 aliphatic rings. The predicted molar refractivity (Wildman–Crippen MR) is 118 cm³/mol. The highest BCUT2D eigenvalue weighted by Gasteiger charge is 2.46. The fraction of sp³-hybridized carbons (Fsp3) is 0.909. The number of ether oxygens (including phenoxy) is 6. The first kappa shape index (κ1) is 30.8. The summed E-state index contributed by atoms with van der Waals surface area (Å²) in [6.07, 6.45) is -7.94. The van der Waals surface area contributed by atoms with Crippen LogP contribution in [0.4, 0.5) is 0 Å². The highest BCUT2D eigenvalue weighted by molar-refractivity contribution is 5.68. The van der Waals surface area contributed by atoms with Crippen molar-refractivity contribution in [3.8, 4) is 0 Å². The molecular formula is C22H38O14. The van der Waals surface area contributed by atoms with E-state index in [4.69, 9.17) is 38.6 Å². The molecule has 36 heavy (non-hydrogen) atoms. The molecule has 0 amide bonds. The predicted octanol–water partition coefficient (Wildman–Crippen LogP) is -2.53. The lowest BCUT2D eigenvalue weighted by Gasteiger charge is -2.44. The number of carboxylic acids is 2. The van der Waals surface area contributed by atoms with E-state index in [0.29, 0.717) is 6.42 Å². The van der Waals surface area contributed by atoms with Gasteiger partial charge >= 0.3 is 11.9 Å². The molecule has 10 atom stereocenters. The van der Waals surface area contributed by atoms with Crippen LogP contribution in [0.2, 0.25) is 0 Å². The molecule has 2 rings (SSSR count). The second-order valence-corrected chi connectivity index (χ2v) is 8.93. The van der Waals surface area contributed by atoms with Gasteiger partial charge in [-0.25, -0.2) is 9.59 Å². The van der Waals surface area contributed by atoms with E-state index in [0.717, 1.165) is 0 Å². The van der Waals surface area contributed by atoms with Crippen LogP contribution < -0.4 is 0 Å². The zero-order chi connectivity index (χ0) is 26.8. The maximum absolute atomic E-state index is 10.8. The second-order valence-electron chi connectivity index (χ2n) is 8.93. The monoisotopic (exact) mass is 526 g/mol. The first-order valence-electron chi connectivity index (χ1n) is 11.8. The zero-order valence-corrected chi connectivity index (χ0v) is 20.4. The summed E-state index contributed by atoms with van der Waals surface area (Å²) in [5.41, 5.74) is 0. The van der Waals surface area contributed by atoms with E-state index in [9.17, 15) is 30.0 Å². The number of methoxy groups -OCH3 is 1. The van der Waals surface area contributed by atoms with Crippen LogP contribution >= 0.6 is 0 Å². The van der Waals surface area contributed by atoms with Crippen LogP contribution in [0.1, 0.15) is 13.3 Å². The lowest BCUT2D eigenvalue weighted by Crippen LogP contribution is -2.59. The van der Waals surface area contributed by atoms with Crippen molar-refractivity contribution in [2.75, 3.05) is 53.4 Å². The molecule has 14 nitrogen and oxygen atoms in total. The smallest absolute Gasteiger partial charge is 0.329 e. The molecule has 0 bridgehead atoms. The molecule has 6 N–H and O–H groups in total. The summed E-state index contributed by atoms with van der Waals surface area (Å²) < 4.78 is 32.6. The van der Waals surface area contributed by atoms with Gasteiger partial charge in [-0.15, -0.1) is 0 Å². The minimum Gasteiger partial charge on any atom is -0.480 e. The summed E-state index contributed by atoms with van der Waals surface area (Å²) >= 11 is 0. The molecule has 2 heterocycles. The molecule has 0 aromatic rings. The van der Waals surface area contributed by atoms with Crippen LogP contribution in [0.25, 0.3) is 0 Å². The summed E-state index contributed by atoms with van der Waals surface area (Å²) in [5.74, 6) is -3.63. The fourth-order valence-corrected chi connectivity index (χ4v) is 4.52. The molecule has 210 valence electrons. The van der Waals surface area contributed by atoms with Gasteiger partial charge in [-0.2, -0.15) is 0 Å². The van der Waals surface area contributed by atoms with Crippen molar-refractivity contribution in [2.45, 2.75) is 62.2 Å². The van der Waals surface area contributed by atoms with Gasteiger partial charge in [0.1, 0.15) is 37.6 Å². The van der Waals surface area contributed by atoms with E-state index in [1.54, 1.807) is 6.92 Å². The van der Waals surface area contributed by atoms with Gasteiger partial charge in [0.15, 0.2) is 0 Å². The lowest BCUT2D eigenvalue weighted by molar-refractivity contribution is -0.242. The highest BCUT2D eigenvalue weighted by Crippen LogP contribution is 2.31. The van der Waals surface area contributed by atoms with Crippen LogP contribution in [-0.4, -0.2) is 145 Å². The Kier molecular flexibility index (Phi) is 12.9. The Bertz CT molecular complexity index is 677. The molecule has 2 fully saturated rings. The third kappa shape index (κ3) is 8.55. The Morgan fingerprint density at radius 1 is 0.639 bits per heavy atom. The largest absolute Gasteiger partial charge is 0.480 e. The van der Waals surface area contributed by atoms with Crippen LogP contribution in [0.3, 0.4) is 0 Å². The molecular weight excluding hydrogens is 488 g/mol. The van der Waals surface area contributed by atoms with Crippen LogP contribution in [0.5, 0.6) is 0 Å². The number of aliphatic hydroxyl groups excluding tert-OH is 4. The first-order chi connectivity index (χ1) is 17.1. The quantitative estimate of drug-likeness (QED) is 0.130. The van der Waals surface area contributed by atoms with Crippen molar-refractivity contribution < 1.29 is 68.6 Å². The van der Waals surface area contributed by atoms with E-state index in [1.165, 1.54) is 7.11 Å². The molecule has 0 aromatic carbocycles. The molecule has 14 heteroatoms. The summed E-state index contributed by atoms with van der Waals surface area (Å²) in [6, 6.07) is 0. The summed E-state index contributed by atoms with van der Waals surface area (Å²) in [4.78, 5) is 21.5. The van der Waals surface area contributed by atoms with Crippen LogP contribution in [0, 0.1) is 11.8 Å². The standard InChI is InChI=1S/C22H38O14/c1-3-11-13(6-33-9-17(23)24)35-16(22(30)19(11)27)8-32-4-12-14(7-34-10-18(25)26)36-15(5-31-2)21(29)20(12)28/h11-16,19-22,27-30H,3-10H2,1-2H3,(H,23,24)(H,25,26)/t11-,12-,13?,14?,15+,16+,19-,20?,21?,22?/m1/s1. The van der Waals surface area contributed by atoms with Gasteiger partial charge < -0.3 is 59.1 Å². The molecule has 2 saturated heterocycles. The van der Waals surface area contributed by atoms with Crippen molar-refractivity contribution in [1.29, 1.82) is 0 Å². The number of aliphatic hydroxyl groups is 4. The van der Waals surface area contributed by atoms with Gasteiger partial charge in [0, 0.05) is 18.9 Å². The van der Waals surface area contributed by atoms with Gasteiger partial charge in [-0.1, -0.05) is 6.92 Å². The number of carbonyl (C=O) groups is 2. The number of hydrogen-bond donors (Lipinski definition) is 6. The van der Waals surface area contributed by atoms with Crippen molar-refractivity contribution in [2.24, 2.45) is 11.8 Å². The summed E-state index contributed by atoms with van der Waals surface area (Å²) in [7, 11) is 1.40. The van der Waals surface area contributed by atoms with Crippen molar-refractivity contribution >= 4 is 11.9 Å². The van der Waals surface area contributed by atoms with Gasteiger partial charge in [0.25, 0.3) is 0 Å². The highest BCUT2D eigenvalue weighted by atomic mass is 16.6. The minimum absolute atomic E-state index is 0.00877. The molecule has 0 saturated carbocycles. The normalized spacial score (nSPS) is 37.1. The van der Waals surface area contributed by atoms with Crippen LogP contribution in [0.15, 0.2) is 0 Å². The summed E-state index contributed by atoms with van der Waals surface area (Å²) in [5, 5.41) is 59.7. The topological polar surface area (TPSA) is 211 Å². The number of aliphatic carboxylic acids is 2. The molecule has 2 aliphatic heterocycles. The first-order valence-corrected chi connectivity index (χ1v) is 11.8. The van der Waals surface area contributed by atoms with E-state index in [-0.39, 0.29) is 33.0 Å². The third-order valence-electron chi connectivity index (χ3n) is 6.40. The van der Waals surface area contributed by atoms with Crippen molar-refractivity contribution in [3.05, 3.63) is 0 Å². The molecule has 0 radical (unpaired) electrons. The van der Waals surface area contributed by atoms with Crippen molar-refractivity contribution in [3.63, 3.8) is 0 Å². The fourth-order valence-electron chi connectivity index (χ4n) is 4.52. The van der Waals surface area contributed by atoms with E-state index in [2.05, 4.69) is 0 Å². The Morgan fingerprint density at radius 2 is 1.08 bits per heavy atom. The Morgan fingerprint density at radius 3 is 1.56 bits per heavy atom.